The highest BCUT2D eigenvalue weighted by molar-refractivity contribution is 5.70. The summed E-state index contributed by atoms with van der Waals surface area (Å²) >= 11 is 0. The van der Waals surface area contributed by atoms with Crippen LogP contribution in [0.3, 0.4) is 0 Å². The molecule has 0 radical (unpaired) electrons. The molecule has 21 heavy (non-hydrogen) atoms. The standard InChI is InChI=1S/C18H34NO2/c1-15(2)13-16-9-5-6-10-17(16)21-18(20)14-19(3)11-7-4-8-12-19/h15-17H,4-14H2,1-3H3/q+1/t16-,17+/m1/s1. The Labute approximate surface area is 130 Å². The van der Waals surface area contributed by atoms with E-state index in [2.05, 4.69) is 20.9 Å². The summed E-state index contributed by atoms with van der Waals surface area (Å²) in [6.07, 6.45) is 10.1. The van der Waals surface area contributed by atoms with Gasteiger partial charge in [0.05, 0.1) is 20.1 Å². The molecule has 0 aromatic carbocycles. The summed E-state index contributed by atoms with van der Waals surface area (Å²) in [4.78, 5) is 12.4. The van der Waals surface area contributed by atoms with Crippen LogP contribution in [0.2, 0.25) is 0 Å². The number of carbonyl (C=O) groups is 1. The minimum Gasteiger partial charge on any atom is -0.458 e. The molecule has 0 aromatic heterocycles. The largest absolute Gasteiger partial charge is 0.458 e. The first-order valence-electron chi connectivity index (χ1n) is 9.01. The van der Waals surface area contributed by atoms with Gasteiger partial charge in [0, 0.05) is 0 Å². The third kappa shape index (κ3) is 5.28. The lowest BCUT2D eigenvalue weighted by atomic mass is 9.81. The molecule has 1 heterocycles. The van der Waals surface area contributed by atoms with Crippen molar-refractivity contribution in [1.29, 1.82) is 0 Å². The van der Waals surface area contributed by atoms with Crippen molar-refractivity contribution in [2.24, 2.45) is 11.8 Å². The quantitative estimate of drug-likeness (QED) is 0.570. The fourth-order valence-electron chi connectivity index (χ4n) is 4.16. The van der Waals surface area contributed by atoms with Gasteiger partial charge in [-0.25, -0.2) is 4.79 Å². The average molecular weight is 296 g/mol. The van der Waals surface area contributed by atoms with Gasteiger partial charge in [-0.2, -0.15) is 0 Å². The Balaban J connectivity index is 1.84. The Morgan fingerprint density at radius 1 is 1.10 bits per heavy atom. The average Bonchev–Trinajstić information content (AvgIpc) is 2.40. The van der Waals surface area contributed by atoms with Crippen LogP contribution < -0.4 is 0 Å². The van der Waals surface area contributed by atoms with Crippen LogP contribution in [0.5, 0.6) is 0 Å². The lowest BCUT2D eigenvalue weighted by Gasteiger charge is -2.38. The second-order valence-corrected chi connectivity index (χ2v) is 7.99. The van der Waals surface area contributed by atoms with E-state index in [0.717, 1.165) is 24.0 Å². The van der Waals surface area contributed by atoms with E-state index < -0.39 is 0 Å². The van der Waals surface area contributed by atoms with E-state index in [4.69, 9.17) is 4.74 Å². The van der Waals surface area contributed by atoms with Gasteiger partial charge in [-0.3, -0.25) is 0 Å². The molecule has 1 saturated heterocycles. The zero-order valence-corrected chi connectivity index (χ0v) is 14.3. The highest BCUT2D eigenvalue weighted by Gasteiger charge is 2.33. The van der Waals surface area contributed by atoms with Gasteiger partial charge in [-0.1, -0.05) is 20.3 Å². The first-order valence-corrected chi connectivity index (χ1v) is 9.01. The van der Waals surface area contributed by atoms with Crippen LogP contribution in [0, 0.1) is 11.8 Å². The number of ether oxygens (including phenoxy) is 1. The number of esters is 1. The van der Waals surface area contributed by atoms with E-state index in [1.807, 2.05) is 0 Å². The number of likely N-dealkylation sites (tertiary alicyclic amines) is 1. The molecule has 2 aliphatic rings. The zero-order chi connectivity index (χ0) is 15.3. The van der Waals surface area contributed by atoms with E-state index in [0.29, 0.717) is 18.4 Å². The molecule has 1 aliphatic carbocycles. The summed E-state index contributed by atoms with van der Waals surface area (Å²) in [5.41, 5.74) is 0. The van der Waals surface area contributed by atoms with Crippen LogP contribution in [0.25, 0.3) is 0 Å². The summed E-state index contributed by atoms with van der Waals surface area (Å²) in [6.45, 7) is 7.39. The number of hydrogen-bond acceptors (Lipinski definition) is 2. The highest BCUT2D eigenvalue weighted by atomic mass is 16.5. The number of likely N-dealkylation sites (N-methyl/N-ethyl adjacent to an activating group) is 1. The number of rotatable bonds is 5. The zero-order valence-electron chi connectivity index (χ0n) is 14.3. The smallest absolute Gasteiger partial charge is 0.362 e. The lowest BCUT2D eigenvalue weighted by molar-refractivity contribution is -0.907. The van der Waals surface area contributed by atoms with Crippen molar-refractivity contribution in [2.45, 2.75) is 71.3 Å². The molecule has 3 nitrogen and oxygen atoms in total. The number of carbonyl (C=O) groups excluding carboxylic acids is 1. The van der Waals surface area contributed by atoms with Gasteiger partial charge in [-0.05, 0) is 56.8 Å². The fraction of sp³-hybridized carbons (Fsp3) is 0.944. The fourth-order valence-corrected chi connectivity index (χ4v) is 4.16. The van der Waals surface area contributed by atoms with Crippen molar-refractivity contribution in [3.05, 3.63) is 0 Å². The van der Waals surface area contributed by atoms with Crippen molar-refractivity contribution in [1.82, 2.24) is 0 Å². The van der Waals surface area contributed by atoms with Crippen molar-refractivity contribution >= 4 is 5.97 Å². The maximum Gasteiger partial charge on any atom is 0.362 e. The first-order chi connectivity index (χ1) is 9.98. The molecule has 122 valence electrons. The maximum absolute atomic E-state index is 12.4. The maximum atomic E-state index is 12.4. The minimum absolute atomic E-state index is 0.0417. The number of nitrogens with zero attached hydrogens (tertiary/aromatic N) is 1. The Morgan fingerprint density at radius 3 is 2.43 bits per heavy atom. The molecular formula is C18H34NO2+. The summed E-state index contributed by atoms with van der Waals surface area (Å²) in [7, 11) is 2.22. The van der Waals surface area contributed by atoms with Crippen molar-refractivity contribution in [3.8, 4) is 0 Å². The Kier molecular flexibility index (Phi) is 6.09. The Bertz CT molecular complexity index is 334. The Morgan fingerprint density at radius 2 is 1.76 bits per heavy atom. The van der Waals surface area contributed by atoms with E-state index >= 15 is 0 Å². The lowest BCUT2D eigenvalue weighted by Crippen LogP contribution is -2.51. The van der Waals surface area contributed by atoms with Crippen molar-refractivity contribution in [2.75, 3.05) is 26.7 Å². The van der Waals surface area contributed by atoms with E-state index in [1.165, 1.54) is 44.9 Å². The third-order valence-corrected chi connectivity index (χ3v) is 5.30. The van der Waals surface area contributed by atoms with Crippen LogP contribution in [-0.2, 0) is 9.53 Å². The predicted octanol–water partition coefficient (Wildman–Crippen LogP) is 3.77. The van der Waals surface area contributed by atoms with Gasteiger partial charge in [0.25, 0.3) is 0 Å². The number of piperidine rings is 1. The molecule has 0 N–H and O–H groups in total. The molecule has 2 rings (SSSR count). The van der Waals surface area contributed by atoms with Crippen LogP contribution in [-0.4, -0.2) is 43.2 Å². The summed E-state index contributed by atoms with van der Waals surface area (Å²) in [5, 5.41) is 0. The van der Waals surface area contributed by atoms with Crippen LogP contribution in [0.4, 0.5) is 0 Å². The van der Waals surface area contributed by atoms with Gasteiger partial charge in [0.15, 0.2) is 6.54 Å². The normalized spacial score (nSPS) is 29.3. The van der Waals surface area contributed by atoms with E-state index in [-0.39, 0.29) is 12.1 Å². The predicted molar refractivity (Wildman–Crippen MR) is 85.9 cm³/mol. The molecule has 0 spiro atoms. The number of hydrogen-bond donors (Lipinski definition) is 0. The van der Waals surface area contributed by atoms with Crippen LogP contribution in [0.15, 0.2) is 0 Å². The van der Waals surface area contributed by atoms with Gasteiger partial charge in [-0.15, -0.1) is 0 Å². The summed E-state index contributed by atoms with van der Waals surface area (Å²) in [6, 6.07) is 0. The second kappa shape index (κ2) is 7.62. The monoisotopic (exact) mass is 296 g/mol. The molecule has 0 unspecified atom stereocenters. The van der Waals surface area contributed by atoms with Crippen molar-refractivity contribution < 1.29 is 14.0 Å². The van der Waals surface area contributed by atoms with E-state index in [9.17, 15) is 4.79 Å². The Hall–Kier alpha value is -0.570. The molecule has 1 saturated carbocycles. The minimum atomic E-state index is 0.0417. The third-order valence-electron chi connectivity index (χ3n) is 5.30. The number of quaternary nitrogens is 1. The molecule has 2 fully saturated rings. The molecule has 0 amide bonds. The molecular weight excluding hydrogens is 262 g/mol. The first kappa shape index (κ1) is 16.8. The van der Waals surface area contributed by atoms with E-state index in [1.54, 1.807) is 0 Å². The summed E-state index contributed by atoms with van der Waals surface area (Å²) in [5.74, 6) is 1.33. The van der Waals surface area contributed by atoms with Gasteiger partial charge in [0.2, 0.25) is 0 Å². The molecule has 1 aliphatic heterocycles. The highest BCUT2D eigenvalue weighted by Crippen LogP contribution is 2.32. The topological polar surface area (TPSA) is 26.3 Å². The second-order valence-electron chi connectivity index (χ2n) is 7.99. The van der Waals surface area contributed by atoms with Crippen LogP contribution in [0.1, 0.15) is 65.2 Å². The van der Waals surface area contributed by atoms with Gasteiger partial charge >= 0.3 is 5.97 Å². The molecule has 2 atom stereocenters. The van der Waals surface area contributed by atoms with Crippen molar-refractivity contribution in [3.63, 3.8) is 0 Å². The summed E-state index contributed by atoms with van der Waals surface area (Å²) < 4.78 is 6.81. The molecule has 0 aromatic rings. The molecule has 0 bridgehead atoms. The SMILES string of the molecule is CC(C)C[C@H]1CCCC[C@@H]1OC(=O)C[N+]1(C)CCCCC1. The van der Waals surface area contributed by atoms with Gasteiger partial charge < -0.3 is 9.22 Å². The molecule has 3 heteroatoms. The van der Waals surface area contributed by atoms with Gasteiger partial charge in [0.1, 0.15) is 6.10 Å². The van der Waals surface area contributed by atoms with Crippen LogP contribution >= 0.6 is 0 Å².